The third-order valence-corrected chi connectivity index (χ3v) is 4.95. The molecule has 6 nitrogen and oxygen atoms in total. The molecule has 1 aromatic rings. The highest BCUT2D eigenvalue weighted by atomic mass is 32.2. The highest BCUT2D eigenvalue weighted by molar-refractivity contribution is 7.89. The lowest BCUT2D eigenvalue weighted by atomic mass is 10.4. The van der Waals surface area contributed by atoms with Gasteiger partial charge in [0.1, 0.15) is 0 Å². The lowest BCUT2D eigenvalue weighted by molar-refractivity contribution is 0.344. The molecule has 1 saturated heterocycles. The smallest absolute Gasteiger partial charge is 0.242 e. The van der Waals surface area contributed by atoms with Gasteiger partial charge in [-0.3, -0.25) is 0 Å². The van der Waals surface area contributed by atoms with Crippen molar-refractivity contribution in [3.8, 4) is 0 Å². The van der Waals surface area contributed by atoms with Crippen LogP contribution >= 0.6 is 0 Å². The quantitative estimate of drug-likeness (QED) is 0.653. The van der Waals surface area contributed by atoms with Gasteiger partial charge in [0.05, 0.1) is 4.90 Å². The van der Waals surface area contributed by atoms with Crippen molar-refractivity contribution in [2.24, 2.45) is 0 Å². The Balaban J connectivity index is 1.83. The molecule has 1 aliphatic rings. The first kappa shape index (κ1) is 15.5. The lowest BCUT2D eigenvalue weighted by Crippen LogP contribution is -2.33. The van der Waals surface area contributed by atoms with Gasteiger partial charge in [-0.05, 0) is 38.5 Å². The molecule has 0 unspecified atom stereocenters. The monoisotopic (exact) mass is 300 g/mol. The minimum Gasteiger partial charge on any atom is -0.363 e. The van der Waals surface area contributed by atoms with Gasteiger partial charge in [0, 0.05) is 31.5 Å². The van der Waals surface area contributed by atoms with Crippen molar-refractivity contribution < 1.29 is 8.42 Å². The van der Waals surface area contributed by atoms with Crippen molar-refractivity contribution in [2.75, 3.05) is 32.7 Å². The Bertz CT molecular complexity index is 506. The minimum absolute atomic E-state index is 0.312. The maximum Gasteiger partial charge on any atom is 0.242 e. The number of nitrogens with one attached hydrogen (secondary N) is 3. The van der Waals surface area contributed by atoms with Crippen molar-refractivity contribution in [3.63, 3.8) is 0 Å². The second kappa shape index (κ2) is 7.21. The zero-order chi connectivity index (χ0) is 14.4. The van der Waals surface area contributed by atoms with Crippen molar-refractivity contribution in [1.82, 2.24) is 19.9 Å². The Hall–Kier alpha value is -0.890. The largest absolute Gasteiger partial charge is 0.363 e. The molecular formula is C13H24N4O2S. The molecule has 0 spiro atoms. The fraction of sp³-hybridized carbons (Fsp3) is 0.692. The molecule has 7 heteroatoms. The van der Waals surface area contributed by atoms with Crippen molar-refractivity contribution >= 4 is 10.0 Å². The summed E-state index contributed by atoms with van der Waals surface area (Å²) in [5.41, 5.74) is 0.881. The van der Waals surface area contributed by atoms with E-state index in [1.807, 2.05) is 6.92 Å². The van der Waals surface area contributed by atoms with Crippen LogP contribution < -0.4 is 10.0 Å². The molecule has 2 rings (SSSR count). The predicted molar refractivity (Wildman–Crippen MR) is 79.0 cm³/mol. The van der Waals surface area contributed by atoms with Crippen LogP contribution in [0.3, 0.4) is 0 Å². The lowest BCUT2D eigenvalue weighted by Gasteiger charge is -2.14. The van der Waals surface area contributed by atoms with E-state index in [0.29, 0.717) is 18.0 Å². The van der Waals surface area contributed by atoms with Gasteiger partial charge >= 0.3 is 0 Å². The van der Waals surface area contributed by atoms with E-state index >= 15 is 0 Å². The molecule has 0 atom stereocenters. The minimum atomic E-state index is -3.39. The van der Waals surface area contributed by atoms with Gasteiger partial charge in [-0.1, -0.05) is 6.92 Å². The summed E-state index contributed by atoms with van der Waals surface area (Å²) < 4.78 is 26.9. The van der Waals surface area contributed by atoms with Crippen molar-refractivity contribution in [2.45, 2.75) is 31.2 Å². The third kappa shape index (κ3) is 4.31. The maximum absolute atomic E-state index is 12.1. The highest BCUT2D eigenvalue weighted by Crippen LogP contribution is 2.11. The Labute approximate surface area is 121 Å². The number of hydrogen-bond acceptors (Lipinski definition) is 4. The van der Waals surface area contributed by atoms with E-state index in [0.717, 1.165) is 31.9 Å². The number of aromatic amines is 1. The van der Waals surface area contributed by atoms with Gasteiger partial charge < -0.3 is 15.2 Å². The second-order valence-electron chi connectivity index (χ2n) is 5.09. The highest BCUT2D eigenvalue weighted by Gasteiger charge is 2.17. The Morgan fingerprint density at radius 3 is 2.80 bits per heavy atom. The zero-order valence-electron chi connectivity index (χ0n) is 12.0. The molecule has 1 aromatic heterocycles. The van der Waals surface area contributed by atoms with Crippen LogP contribution in [0.1, 0.15) is 25.5 Å². The van der Waals surface area contributed by atoms with Gasteiger partial charge in [0.25, 0.3) is 0 Å². The Kier molecular flexibility index (Phi) is 5.59. The van der Waals surface area contributed by atoms with Crippen LogP contribution in [0.4, 0.5) is 0 Å². The summed E-state index contributed by atoms with van der Waals surface area (Å²) >= 11 is 0. The molecule has 0 aromatic carbocycles. The summed E-state index contributed by atoms with van der Waals surface area (Å²) in [5.74, 6) is 0. The molecule has 0 aliphatic carbocycles. The number of likely N-dealkylation sites (tertiary alicyclic amines) is 1. The number of H-pyrrole nitrogens is 1. The SMILES string of the molecule is CCNCc1cc(S(=O)(=O)NCCN2CCCC2)c[nH]1. The van der Waals surface area contributed by atoms with E-state index in [9.17, 15) is 8.42 Å². The molecule has 0 amide bonds. The molecule has 114 valence electrons. The van der Waals surface area contributed by atoms with E-state index in [-0.39, 0.29) is 0 Å². The van der Waals surface area contributed by atoms with Crippen LogP contribution in [0.25, 0.3) is 0 Å². The maximum atomic E-state index is 12.1. The predicted octanol–water partition coefficient (Wildman–Crippen LogP) is 0.498. The zero-order valence-corrected chi connectivity index (χ0v) is 12.8. The second-order valence-corrected chi connectivity index (χ2v) is 6.85. The molecule has 1 aliphatic heterocycles. The normalized spacial score (nSPS) is 16.9. The molecule has 20 heavy (non-hydrogen) atoms. The Morgan fingerprint density at radius 2 is 2.10 bits per heavy atom. The molecule has 0 saturated carbocycles. The van der Waals surface area contributed by atoms with Crippen molar-refractivity contribution in [3.05, 3.63) is 18.0 Å². The van der Waals surface area contributed by atoms with Crippen LogP contribution in [-0.4, -0.2) is 51.0 Å². The number of sulfonamides is 1. The molecule has 2 heterocycles. The van der Waals surface area contributed by atoms with E-state index in [1.54, 1.807) is 12.3 Å². The first-order chi connectivity index (χ1) is 9.62. The standard InChI is InChI=1S/C13H24N4O2S/c1-2-14-10-12-9-13(11-15-12)20(18,19)16-5-8-17-6-3-4-7-17/h9,11,14-16H,2-8,10H2,1H3. The molecular weight excluding hydrogens is 276 g/mol. The van der Waals surface area contributed by atoms with E-state index in [4.69, 9.17) is 0 Å². The van der Waals surface area contributed by atoms with Crippen LogP contribution in [0, 0.1) is 0 Å². The van der Waals surface area contributed by atoms with Gasteiger partial charge in [-0.2, -0.15) is 0 Å². The van der Waals surface area contributed by atoms with Gasteiger partial charge in [-0.15, -0.1) is 0 Å². The first-order valence-corrected chi connectivity index (χ1v) is 8.70. The molecule has 3 N–H and O–H groups in total. The van der Waals surface area contributed by atoms with Gasteiger partial charge in [0.2, 0.25) is 10.0 Å². The van der Waals surface area contributed by atoms with Crippen LogP contribution in [0.5, 0.6) is 0 Å². The summed E-state index contributed by atoms with van der Waals surface area (Å²) in [5, 5.41) is 3.16. The van der Waals surface area contributed by atoms with Gasteiger partial charge in [0.15, 0.2) is 0 Å². The summed E-state index contributed by atoms with van der Waals surface area (Å²) in [6.45, 7) is 6.94. The Morgan fingerprint density at radius 1 is 1.35 bits per heavy atom. The van der Waals surface area contributed by atoms with Crippen LogP contribution in [-0.2, 0) is 16.6 Å². The first-order valence-electron chi connectivity index (χ1n) is 7.22. The summed E-state index contributed by atoms with van der Waals surface area (Å²) in [6.07, 6.45) is 3.99. The fourth-order valence-electron chi connectivity index (χ4n) is 2.36. The summed E-state index contributed by atoms with van der Waals surface area (Å²) in [7, 11) is -3.39. The summed E-state index contributed by atoms with van der Waals surface area (Å²) in [6, 6.07) is 1.68. The number of hydrogen-bond donors (Lipinski definition) is 3. The van der Waals surface area contributed by atoms with E-state index in [2.05, 4.69) is 19.9 Å². The van der Waals surface area contributed by atoms with Crippen LogP contribution in [0.2, 0.25) is 0 Å². The average Bonchev–Trinajstić information content (AvgIpc) is 3.07. The molecule has 0 radical (unpaired) electrons. The average molecular weight is 300 g/mol. The molecule has 0 bridgehead atoms. The summed E-state index contributed by atoms with van der Waals surface area (Å²) in [4.78, 5) is 5.59. The topological polar surface area (TPSA) is 77.2 Å². The van der Waals surface area contributed by atoms with E-state index in [1.165, 1.54) is 12.8 Å². The van der Waals surface area contributed by atoms with Gasteiger partial charge in [-0.25, -0.2) is 13.1 Å². The van der Waals surface area contributed by atoms with E-state index < -0.39 is 10.0 Å². The van der Waals surface area contributed by atoms with Crippen LogP contribution in [0.15, 0.2) is 17.2 Å². The number of rotatable bonds is 8. The third-order valence-electron chi connectivity index (χ3n) is 3.51. The number of aromatic nitrogens is 1. The fourth-order valence-corrected chi connectivity index (χ4v) is 3.40. The number of nitrogens with zero attached hydrogens (tertiary/aromatic N) is 1. The molecule has 1 fully saturated rings. The van der Waals surface area contributed by atoms with Crippen molar-refractivity contribution in [1.29, 1.82) is 0 Å².